The molecule has 2 N–H and O–H groups in total. The Morgan fingerprint density at radius 3 is 2.25 bits per heavy atom. The molecule has 1 fully saturated rings. The molecular weight excluding hydrogens is 314 g/mol. The Morgan fingerprint density at radius 2 is 1.71 bits per heavy atom. The zero-order valence-electron chi connectivity index (χ0n) is 14.7. The molecule has 0 unspecified atom stereocenters. The quantitative estimate of drug-likeness (QED) is 0.631. The summed E-state index contributed by atoms with van der Waals surface area (Å²) in [4.78, 5) is 1.35. The molecule has 1 aromatic rings. The van der Waals surface area contributed by atoms with E-state index in [0.717, 1.165) is 31.9 Å². The van der Waals surface area contributed by atoms with Crippen LogP contribution in [0.4, 0.5) is 0 Å². The third-order valence-corrected chi connectivity index (χ3v) is 4.03. The Morgan fingerprint density at radius 1 is 1.08 bits per heavy atom. The van der Waals surface area contributed by atoms with Gasteiger partial charge in [0.2, 0.25) is 5.75 Å². The third kappa shape index (κ3) is 5.24. The van der Waals surface area contributed by atoms with Crippen LogP contribution < -0.4 is 19.1 Å². The molecule has 0 aliphatic carbocycles. The molecule has 7 nitrogen and oxygen atoms in total. The van der Waals surface area contributed by atoms with Crippen molar-refractivity contribution in [3.63, 3.8) is 0 Å². The van der Waals surface area contributed by atoms with Crippen molar-refractivity contribution in [1.82, 2.24) is 0 Å². The number of ether oxygens (including phenoxy) is 5. The Labute approximate surface area is 143 Å². The van der Waals surface area contributed by atoms with Crippen LogP contribution in [0.25, 0.3) is 0 Å². The second-order valence-corrected chi connectivity index (χ2v) is 5.77. The first kappa shape index (κ1) is 18.8. The maximum Gasteiger partial charge on any atom is 0.203 e. The van der Waals surface area contributed by atoms with Crippen LogP contribution in [0.5, 0.6) is 17.2 Å². The summed E-state index contributed by atoms with van der Waals surface area (Å²) in [7, 11) is 4.73. The van der Waals surface area contributed by atoms with E-state index < -0.39 is 6.10 Å². The van der Waals surface area contributed by atoms with E-state index in [2.05, 4.69) is 0 Å². The fourth-order valence-electron chi connectivity index (χ4n) is 2.79. The lowest BCUT2D eigenvalue weighted by molar-refractivity contribution is -0.911. The molecule has 136 valence electrons. The smallest absolute Gasteiger partial charge is 0.203 e. The van der Waals surface area contributed by atoms with Crippen LogP contribution in [0.3, 0.4) is 0 Å². The van der Waals surface area contributed by atoms with Crippen molar-refractivity contribution >= 4 is 0 Å². The van der Waals surface area contributed by atoms with E-state index in [1.54, 1.807) is 21.3 Å². The second kappa shape index (κ2) is 9.68. The van der Waals surface area contributed by atoms with Crippen LogP contribution in [0, 0.1) is 0 Å². The van der Waals surface area contributed by atoms with Gasteiger partial charge in [0, 0.05) is 0 Å². The molecule has 1 aliphatic heterocycles. The lowest BCUT2D eigenvalue weighted by atomic mass is 10.2. The summed E-state index contributed by atoms with van der Waals surface area (Å²) in [5.74, 6) is 1.74. The molecule has 1 aromatic carbocycles. The summed E-state index contributed by atoms with van der Waals surface area (Å²) in [5.41, 5.74) is 0.899. The van der Waals surface area contributed by atoms with E-state index in [0.29, 0.717) is 37.0 Å². The summed E-state index contributed by atoms with van der Waals surface area (Å²) in [6.45, 7) is 4.72. The van der Waals surface area contributed by atoms with E-state index >= 15 is 0 Å². The van der Waals surface area contributed by atoms with Gasteiger partial charge in [-0.25, -0.2) is 0 Å². The van der Waals surface area contributed by atoms with E-state index in [1.165, 1.54) is 4.90 Å². The SMILES string of the molecule is COc1cc(COC[C@@H](O)C[NH+]2CCOCC2)cc(OC)c1OC. The average molecular weight is 342 g/mol. The van der Waals surface area contributed by atoms with Crippen LogP contribution in [-0.2, 0) is 16.1 Å². The van der Waals surface area contributed by atoms with Gasteiger partial charge in [0.25, 0.3) is 0 Å². The van der Waals surface area contributed by atoms with Crippen LogP contribution >= 0.6 is 0 Å². The minimum absolute atomic E-state index is 0.293. The minimum atomic E-state index is -0.486. The molecule has 0 aromatic heterocycles. The molecule has 1 aliphatic rings. The minimum Gasteiger partial charge on any atom is -0.493 e. The summed E-state index contributed by atoms with van der Waals surface area (Å²) >= 11 is 0. The molecular formula is C17H28NO6+. The summed E-state index contributed by atoms with van der Waals surface area (Å²) in [6.07, 6.45) is -0.486. The van der Waals surface area contributed by atoms with Gasteiger partial charge in [-0.05, 0) is 17.7 Å². The highest BCUT2D eigenvalue weighted by molar-refractivity contribution is 5.53. The van der Waals surface area contributed by atoms with Gasteiger partial charge in [0.1, 0.15) is 25.7 Å². The largest absolute Gasteiger partial charge is 0.493 e. The second-order valence-electron chi connectivity index (χ2n) is 5.77. The van der Waals surface area contributed by atoms with Gasteiger partial charge in [-0.1, -0.05) is 0 Å². The van der Waals surface area contributed by atoms with Gasteiger partial charge in [-0.2, -0.15) is 0 Å². The molecule has 24 heavy (non-hydrogen) atoms. The summed E-state index contributed by atoms with van der Waals surface area (Å²) in [6, 6.07) is 3.70. The zero-order valence-corrected chi connectivity index (χ0v) is 14.7. The maximum atomic E-state index is 10.1. The number of methoxy groups -OCH3 is 3. The van der Waals surface area contributed by atoms with Crippen molar-refractivity contribution in [1.29, 1.82) is 0 Å². The van der Waals surface area contributed by atoms with Crippen molar-refractivity contribution in [2.24, 2.45) is 0 Å². The highest BCUT2D eigenvalue weighted by Gasteiger charge is 2.18. The number of hydrogen-bond acceptors (Lipinski definition) is 6. The van der Waals surface area contributed by atoms with Gasteiger partial charge >= 0.3 is 0 Å². The number of quaternary nitrogens is 1. The Bertz CT molecular complexity index is 479. The van der Waals surface area contributed by atoms with Gasteiger partial charge in [0.15, 0.2) is 11.5 Å². The van der Waals surface area contributed by atoms with E-state index in [9.17, 15) is 5.11 Å². The number of benzene rings is 1. The lowest BCUT2D eigenvalue weighted by Crippen LogP contribution is -3.15. The fraction of sp³-hybridized carbons (Fsp3) is 0.647. The summed E-state index contributed by atoms with van der Waals surface area (Å²) < 4.78 is 26.9. The van der Waals surface area contributed by atoms with Crippen LogP contribution in [0.2, 0.25) is 0 Å². The molecule has 0 spiro atoms. The first-order valence-electron chi connectivity index (χ1n) is 8.14. The molecule has 0 radical (unpaired) electrons. The standard InChI is InChI=1S/C17H27NO6/c1-20-15-8-13(9-16(21-2)17(15)22-3)11-24-12-14(19)10-18-4-6-23-7-5-18/h8-9,14,19H,4-7,10-12H2,1-3H3/p+1/t14-/m0/s1. The third-order valence-electron chi connectivity index (χ3n) is 4.03. The van der Waals surface area contributed by atoms with E-state index in [1.807, 2.05) is 12.1 Å². The molecule has 2 rings (SSSR count). The normalized spacial score (nSPS) is 16.7. The maximum absolute atomic E-state index is 10.1. The van der Waals surface area contributed by atoms with Crippen molar-refractivity contribution < 1.29 is 33.7 Å². The molecule has 0 amide bonds. The Balaban J connectivity index is 1.84. The van der Waals surface area contributed by atoms with Crippen molar-refractivity contribution in [2.75, 3.05) is 60.8 Å². The Kier molecular flexibility index (Phi) is 7.58. The highest BCUT2D eigenvalue weighted by Crippen LogP contribution is 2.38. The number of aliphatic hydroxyl groups excluding tert-OH is 1. The van der Waals surface area contributed by atoms with Gasteiger partial charge in [-0.15, -0.1) is 0 Å². The average Bonchev–Trinajstić information content (AvgIpc) is 2.61. The molecule has 7 heteroatoms. The number of aliphatic hydroxyl groups is 1. The van der Waals surface area contributed by atoms with Crippen molar-refractivity contribution in [3.8, 4) is 17.2 Å². The van der Waals surface area contributed by atoms with Crippen LogP contribution in [0.15, 0.2) is 12.1 Å². The topological polar surface area (TPSA) is 70.8 Å². The molecule has 1 heterocycles. The zero-order chi connectivity index (χ0) is 17.4. The number of rotatable bonds is 9. The first-order chi connectivity index (χ1) is 11.7. The lowest BCUT2D eigenvalue weighted by Gasteiger charge is -2.25. The van der Waals surface area contributed by atoms with Crippen LogP contribution in [0.1, 0.15) is 5.56 Å². The van der Waals surface area contributed by atoms with Crippen molar-refractivity contribution in [2.45, 2.75) is 12.7 Å². The van der Waals surface area contributed by atoms with E-state index in [-0.39, 0.29) is 0 Å². The number of morpholine rings is 1. The fourth-order valence-corrected chi connectivity index (χ4v) is 2.79. The number of nitrogens with one attached hydrogen (secondary N) is 1. The molecule has 1 atom stereocenters. The predicted octanol–water partition coefficient (Wildman–Crippen LogP) is -0.495. The van der Waals surface area contributed by atoms with E-state index in [4.69, 9.17) is 23.7 Å². The van der Waals surface area contributed by atoms with Gasteiger partial charge < -0.3 is 33.7 Å². The van der Waals surface area contributed by atoms with Gasteiger partial charge in [0.05, 0.1) is 47.8 Å². The molecule has 0 bridgehead atoms. The van der Waals surface area contributed by atoms with Gasteiger partial charge in [-0.3, -0.25) is 0 Å². The molecule has 1 saturated heterocycles. The van der Waals surface area contributed by atoms with Crippen molar-refractivity contribution in [3.05, 3.63) is 17.7 Å². The predicted molar refractivity (Wildman–Crippen MR) is 88.1 cm³/mol. The highest BCUT2D eigenvalue weighted by atomic mass is 16.5. The Hall–Kier alpha value is -1.54. The van der Waals surface area contributed by atoms with Crippen LogP contribution in [-0.4, -0.2) is 72.0 Å². The monoisotopic (exact) mass is 342 g/mol. The summed E-state index contributed by atoms with van der Waals surface area (Å²) in [5, 5.41) is 10.1. The molecule has 0 saturated carbocycles. The number of hydrogen-bond donors (Lipinski definition) is 2. The first-order valence-corrected chi connectivity index (χ1v) is 8.14.